The third-order valence-electron chi connectivity index (χ3n) is 9.29. The number of hydrogen-bond donors (Lipinski definition) is 1. The lowest BCUT2D eigenvalue weighted by Crippen LogP contribution is -2.46. The highest BCUT2D eigenvalue weighted by Crippen LogP contribution is 2.35. The van der Waals surface area contributed by atoms with E-state index in [0.717, 1.165) is 98.5 Å². The second-order valence-corrected chi connectivity index (χ2v) is 12.8. The van der Waals surface area contributed by atoms with E-state index in [1.807, 2.05) is 54.7 Å². The van der Waals surface area contributed by atoms with Crippen LogP contribution in [0, 0.1) is 0 Å². The molecule has 49 heavy (non-hydrogen) atoms. The first-order valence-electron chi connectivity index (χ1n) is 16.8. The van der Waals surface area contributed by atoms with E-state index in [1.165, 1.54) is 18.2 Å². The quantitative estimate of drug-likeness (QED) is 0.148. The zero-order chi connectivity index (χ0) is 33.6. The Morgan fingerprint density at radius 3 is 2.47 bits per heavy atom. The van der Waals surface area contributed by atoms with Crippen molar-refractivity contribution in [3.8, 4) is 28.4 Å². The summed E-state index contributed by atoms with van der Waals surface area (Å²) in [6.45, 7) is 9.19. The highest BCUT2D eigenvalue weighted by atomic mass is 35.5. The molecule has 0 aliphatic carbocycles. The van der Waals surface area contributed by atoms with Gasteiger partial charge in [0.15, 0.2) is 0 Å². The van der Waals surface area contributed by atoms with Crippen molar-refractivity contribution in [3.05, 3.63) is 107 Å². The van der Waals surface area contributed by atoms with Gasteiger partial charge in [0.25, 0.3) is 0 Å². The van der Waals surface area contributed by atoms with Crippen LogP contribution in [-0.4, -0.2) is 93.5 Å². The summed E-state index contributed by atoms with van der Waals surface area (Å²) >= 11 is 6.23. The summed E-state index contributed by atoms with van der Waals surface area (Å²) in [6.07, 6.45) is 1.88. The molecule has 0 saturated carbocycles. The molecule has 1 aromatic heterocycles. The normalized spacial score (nSPS) is 15.8. The number of halogens is 1. The van der Waals surface area contributed by atoms with Gasteiger partial charge < -0.3 is 28.8 Å². The highest BCUT2D eigenvalue weighted by Gasteiger charge is 2.22. The first-order valence-corrected chi connectivity index (χ1v) is 17.2. The number of esters is 1. The number of ether oxygens (including phenoxy) is 4. The Morgan fingerprint density at radius 1 is 0.857 bits per heavy atom. The summed E-state index contributed by atoms with van der Waals surface area (Å²) < 4.78 is 23.2. The van der Waals surface area contributed by atoms with Crippen molar-refractivity contribution in [2.45, 2.75) is 6.54 Å². The molecule has 3 heterocycles. The smallest absolute Gasteiger partial charge is 0.341 e. The third-order valence-corrected chi connectivity index (χ3v) is 9.54. The number of anilines is 1. The Kier molecular flexibility index (Phi) is 10.3. The molecule has 2 saturated heterocycles. The number of nitrogens with one attached hydrogen (secondary N) is 1. The lowest BCUT2D eigenvalue weighted by Gasteiger charge is -2.36. The Bertz CT molecular complexity index is 1880. The maximum atomic E-state index is 12.7. The molecule has 2 aliphatic heterocycles. The van der Waals surface area contributed by atoms with Gasteiger partial charge in [-0.25, -0.2) is 4.79 Å². The minimum atomic E-state index is -0.434. The number of hydrogen-bond acceptors (Lipinski definition) is 8. The molecule has 2 fully saturated rings. The monoisotopic (exact) mass is 680 g/mol. The van der Waals surface area contributed by atoms with Crippen LogP contribution in [0.25, 0.3) is 22.0 Å². The van der Waals surface area contributed by atoms with Gasteiger partial charge in [-0.05, 0) is 71.3 Å². The van der Waals surface area contributed by atoms with Crippen LogP contribution in [0.2, 0.25) is 5.02 Å². The molecule has 0 spiro atoms. The molecule has 5 aromatic rings. The zero-order valence-corrected chi connectivity index (χ0v) is 28.5. The molecule has 2 aliphatic rings. The predicted molar refractivity (Wildman–Crippen MR) is 193 cm³/mol. The number of piperazine rings is 1. The molecule has 4 aromatic carbocycles. The van der Waals surface area contributed by atoms with Gasteiger partial charge >= 0.3 is 5.97 Å². The number of nitrogens with zero attached hydrogens (tertiary/aromatic N) is 3. The SMILES string of the molecule is COC(=O)c1ccc(N2CCN(Cc3cc(OCCN4CCOCC4)ccc3-c3ccc(Cl)cc3)CC2)cc1Oc1cccc2[nH]ccc12. The first-order chi connectivity index (χ1) is 24.0. The molecule has 9 nitrogen and oxygen atoms in total. The van der Waals surface area contributed by atoms with E-state index in [9.17, 15) is 4.79 Å². The Hall–Kier alpha value is -4.54. The Labute approximate surface area is 291 Å². The van der Waals surface area contributed by atoms with Crippen molar-refractivity contribution in [2.24, 2.45) is 0 Å². The van der Waals surface area contributed by atoms with Crippen LogP contribution in [0.15, 0.2) is 91.1 Å². The summed E-state index contributed by atoms with van der Waals surface area (Å²) in [4.78, 5) is 23.1. The maximum Gasteiger partial charge on any atom is 0.341 e. The summed E-state index contributed by atoms with van der Waals surface area (Å²) in [6, 6.07) is 28.0. The maximum absolute atomic E-state index is 12.7. The molecule has 254 valence electrons. The molecule has 1 N–H and O–H groups in total. The molecule has 0 amide bonds. The molecule has 0 unspecified atom stereocenters. The van der Waals surface area contributed by atoms with Crippen LogP contribution in [-0.2, 0) is 16.0 Å². The van der Waals surface area contributed by atoms with E-state index in [-0.39, 0.29) is 0 Å². The van der Waals surface area contributed by atoms with E-state index in [0.29, 0.717) is 23.7 Å². The van der Waals surface area contributed by atoms with Gasteiger partial charge in [0, 0.05) is 86.2 Å². The van der Waals surface area contributed by atoms with E-state index in [4.69, 9.17) is 30.5 Å². The number of methoxy groups -OCH3 is 1. The number of carbonyl (C=O) groups excluding carboxylic acids is 1. The Balaban J connectivity index is 1.05. The zero-order valence-electron chi connectivity index (χ0n) is 27.7. The van der Waals surface area contributed by atoms with Gasteiger partial charge in [0.1, 0.15) is 29.4 Å². The third kappa shape index (κ3) is 7.86. The van der Waals surface area contributed by atoms with Gasteiger partial charge in [0.05, 0.1) is 20.3 Å². The van der Waals surface area contributed by atoms with E-state index in [1.54, 1.807) is 6.07 Å². The number of carbonyl (C=O) groups is 1. The molecule has 7 rings (SSSR count). The van der Waals surface area contributed by atoms with Gasteiger partial charge in [0.2, 0.25) is 0 Å². The number of rotatable bonds is 11. The minimum Gasteiger partial charge on any atom is -0.492 e. The molecule has 0 radical (unpaired) electrons. The standard InChI is InChI=1S/C39H41ClN4O5/c1-46-39(45)35-11-9-31(26-38(35)49-37-4-2-3-36-34(37)13-14-41-36)44-17-15-43(16-18-44)27-29-25-32(48-24-21-42-19-22-47-23-20-42)10-12-33(29)28-5-7-30(40)8-6-28/h2-14,25-26,41H,15-24,27H2,1H3. The van der Waals surface area contributed by atoms with E-state index in [2.05, 4.69) is 50.0 Å². The van der Waals surface area contributed by atoms with Crippen LogP contribution in [0.1, 0.15) is 15.9 Å². The fourth-order valence-corrected chi connectivity index (χ4v) is 6.68. The van der Waals surface area contributed by atoms with Crippen molar-refractivity contribution < 1.29 is 23.7 Å². The topological polar surface area (TPSA) is 79.5 Å². The van der Waals surface area contributed by atoms with Crippen LogP contribution in [0.4, 0.5) is 5.69 Å². The van der Waals surface area contributed by atoms with Crippen LogP contribution in [0.3, 0.4) is 0 Å². The average Bonchev–Trinajstić information content (AvgIpc) is 3.63. The second kappa shape index (κ2) is 15.3. The first kappa shape index (κ1) is 33.0. The lowest BCUT2D eigenvalue weighted by atomic mass is 9.98. The number of morpholine rings is 1. The fraction of sp³-hybridized carbons (Fsp3) is 0.308. The van der Waals surface area contributed by atoms with Gasteiger partial charge in [-0.1, -0.05) is 35.9 Å². The molecular weight excluding hydrogens is 640 g/mol. The van der Waals surface area contributed by atoms with Crippen molar-refractivity contribution in [1.82, 2.24) is 14.8 Å². The number of fused-ring (bicyclic) bond motifs is 1. The van der Waals surface area contributed by atoms with Gasteiger partial charge in [-0.15, -0.1) is 0 Å². The van der Waals surface area contributed by atoms with Crippen LogP contribution < -0.4 is 14.4 Å². The van der Waals surface area contributed by atoms with E-state index < -0.39 is 5.97 Å². The number of aromatic amines is 1. The largest absolute Gasteiger partial charge is 0.492 e. The van der Waals surface area contributed by atoms with Crippen LogP contribution in [0.5, 0.6) is 17.2 Å². The minimum absolute atomic E-state index is 0.388. The summed E-state index contributed by atoms with van der Waals surface area (Å²) in [7, 11) is 1.39. The van der Waals surface area contributed by atoms with Gasteiger partial charge in [-0.2, -0.15) is 0 Å². The van der Waals surface area contributed by atoms with Crippen molar-refractivity contribution in [1.29, 1.82) is 0 Å². The number of benzene rings is 4. The molecule has 10 heteroatoms. The highest BCUT2D eigenvalue weighted by molar-refractivity contribution is 6.30. The van der Waals surface area contributed by atoms with Crippen LogP contribution >= 0.6 is 11.6 Å². The van der Waals surface area contributed by atoms with E-state index >= 15 is 0 Å². The molecular formula is C39H41ClN4O5. The second-order valence-electron chi connectivity index (χ2n) is 12.4. The number of H-pyrrole nitrogens is 1. The summed E-state index contributed by atoms with van der Waals surface area (Å²) in [5.41, 5.74) is 5.88. The average molecular weight is 681 g/mol. The molecule has 0 atom stereocenters. The summed E-state index contributed by atoms with van der Waals surface area (Å²) in [5.74, 6) is 1.60. The Morgan fingerprint density at radius 2 is 1.67 bits per heavy atom. The number of aromatic nitrogens is 1. The van der Waals surface area contributed by atoms with Crippen molar-refractivity contribution in [3.63, 3.8) is 0 Å². The van der Waals surface area contributed by atoms with Gasteiger partial charge in [-0.3, -0.25) is 9.80 Å². The van der Waals surface area contributed by atoms with Crippen molar-refractivity contribution >= 4 is 34.2 Å². The fourth-order valence-electron chi connectivity index (χ4n) is 6.56. The lowest BCUT2D eigenvalue weighted by molar-refractivity contribution is 0.0322. The predicted octanol–water partition coefficient (Wildman–Crippen LogP) is 7.10. The molecule has 0 bridgehead atoms. The summed E-state index contributed by atoms with van der Waals surface area (Å²) in [5, 5.41) is 1.67. The van der Waals surface area contributed by atoms with Crippen molar-refractivity contribution in [2.75, 3.05) is 77.6 Å².